The Morgan fingerprint density at radius 2 is 1.92 bits per heavy atom. The van der Waals surface area contributed by atoms with Gasteiger partial charge in [-0.1, -0.05) is 11.8 Å². The minimum Gasteiger partial charge on any atom is -0.400 e. The zero-order chi connectivity index (χ0) is 18.1. The van der Waals surface area contributed by atoms with E-state index in [1.807, 2.05) is 46.8 Å². The first-order chi connectivity index (χ1) is 11.0. The molecule has 0 amide bonds. The third-order valence-electron chi connectivity index (χ3n) is 4.50. The monoisotopic (exact) mass is 348 g/mol. The summed E-state index contributed by atoms with van der Waals surface area (Å²) >= 11 is 1.23. The number of carbonyl (C=O) groups excluding carboxylic acids is 1. The molecule has 0 radical (unpaired) electrons. The molecular formula is C17H25BN2O3S. The van der Waals surface area contributed by atoms with Crippen LogP contribution in [-0.2, 0) is 14.1 Å². The Kier molecular flexibility index (Phi) is 5.47. The molecule has 1 aliphatic rings. The molecular weight excluding hydrogens is 323 g/mol. The molecule has 5 nitrogen and oxygen atoms in total. The lowest BCUT2D eigenvalue weighted by molar-refractivity contribution is -0.109. The molecule has 1 fully saturated rings. The van der Waals surface area contributed by atoms with Gasteiger partial charge in [0, 0.05) is 12.7 Å². The van der Waals surface area contributed by atoms with Gasteiger partial charge in [0.1, 0.15) is 0 Å². The number of nitrogens with zero attached hydrogens (tertiary/aromatic N) is 1. The number of hydrogen-bond acceptors (Lipinski definition) is 6. The molecule has 2 rings (SSSR count). The second-order valence-electron chi connectivity index (χ2n) is 7.05. The first kappa shape index (κ1) is 19.0. The van der Waals surface area contributed by atoms with Gasteiger partial charge in [-0.2, -0.15) is 0 Å². The van der Waals surface area contributed by atoms with Gasteiger partial charge in [-0.05, 0) is 57.8 Å². The van der Waals surface area contributed by atoms with Gasteiger partial charge in [-0.25, -0.2) is 0 Å². The Bertz CT molecular complexity index is 658. The molecule has 130 valence electrons. The number of carbonyl (C=O) groups is 1. The van der Waals surface area contributed by atoms with Crippen LogP contribution in [-0.4, -0.2) is 34.2 Å². The maximum Gasteiger partial charge on any atom is 0.491 e. The standard InChI is InChI=1S/C17H25BN2O3S/c1-11-7-14(20-9-15(11)19)8-13(10-24-12(2)21)18-22-16(3,4)17(5,6)23-18/h7-9H,10,19H2,1-6H3. The number of rotatable bonds is 4. The molecule has 1 aliphatic heterocycles. The second kappa shape index (κ2) is 6.90. The molecule has 0 saturated carbocycles. The average Bonchev–Trinajstić information content (AvgIpc) is 2.67. The van der Waals surface area contributed by atoms with E-state index < -0.39 is 18.3 Å². The normalized spacial score (nSPS) is 19.6. The van der Waals surface area contributed by atoms with Gasteiger partial charge < -0.3 is 15.0 Å². The summed E-state index contributed by atoms with van der Waals surface area (Å²) in [7, 11) is -0.499. The molecule has 24 heavy (non-hydrogen) atoms. The summed E-state index contributed by atoms with van der Waals surface area (Å²) in [6.07, 6.45) is 3.56. The largest absolute Gasteiger partial charge is 0.491 e. The highest BCUT2D eigenvalue weighted by Gasteiger charge is 2.52. The summed E-state index contributed by atoms with van der Waals surface area (Å²) < 4.78 is 12.2. The first-order valence-corrected chi connectivity index (χ1v) is 8.92. The van der Waals surface area contributed by atoms with Gasteiger partial charge >= 0.3 is 7.12 Å². The van der Waals surface area contributed by atoms with E-state index in [1.54, 1.807) is 13.1 Å². The second-order valence-corrected chi connectivity index (χ2v) is 8.21. The molecule has 1 aromatic heterocycles. The minimum absolute atomic E-state index is 0.0545. The van der Waals surface area contributed by atoms with Crippen molar-refractivity contribution >= 4 is 35.8 Å². The van der Waals surface area contributed by atoms with Crippen LogP contribution < -0.4 is 5.73 Å². The summed E-state index contributed by atoms with van der Waals surface area (Å²) in [5.74, 6) is 0.497. The quantitative estimate of drug-likeness (QED) is 0.842. The number of hydrogen-bond donors (Lipinski definition) is 1. The van der Waals surface area contributed by atoms with Crippen molar-refractivity contribution in [3.8, 4) is 0 Å². The van der Waals surface area contributed by atoms with Crippen molar-refractivity contribution in [2.24, 2.45) is 0 Å². The molecule has 1 aromatic rings. The van der Waals surface area contributed by atoms with Crippen molar-refractivity contribution in [2.45, 2.75) is 52.7 Å². The fourth-order valence-electron chi connectivity index (χ4n) is 2.21. The smallest absolute Gasteiger partial charge is 0.400 e. The predicted molar refractivity (Wildman–Crippen MR) is 101 cm³/mol. The summed E-state index contributed by atoms with van der Waals surface area (Å²) in [5, 5.41) is 0.0545. The van der Waals surface area contributed by atoms with Crippen LogP contribution >= 0.6 is 11.8 Å². The Morgan fingerprint density at radius 1 is 1.33 bits per heavy atom. The number of aryl methyl sites for hydroxylation is 1. The van der Waals surface area contributed by atoms with Crippen LogP contribution in [0, 0.1) is 6.92 Å². The van der Waals surface area contributed by atoms with Crippen LogP contribution in [0.2, 0.25) is 0 Å². The van der Waals surface area contributed by atoms with Crippen LogP contribution in [0.25, 0.3) is 6.08 Å². The van der Waals surface area contributed by atoms with E-state index in [4.69, 9.17) is 15.0 Å². The van der Waals surface area contributed by atoms with E-state index in [-0.39, 0.29) is 5.12 Å². The molecule has 0 aromatic carbocycles. The molecule has 0 atom stereocenters. The van der Waals surface area contributed by atoms with Crippen molar-refractivity contribution in [3.63, 3.8) is 0 Å². The van der Waals surface area contributed by atoms with Gasteiger partial charge in [0.15, 0.2) is 5.12 Å². The SMILES string of the molecule is CC(=O)SCC(=Cc1cc(C)c(N)cn1)B1OC(C)(C)C(C)(C)O1. The molecule has 0 bridgehead atoms. The topological polar surface area (TPSA) is 74.4 Å². The van der Waals surface area contributed by atoms with E-state index in [1.165, 1.54) is 11.8 Å². The van der Waals surface area contributed by atoms with E-state index in [2.05, 4.69) is 4.98 Å². The van der Waals surface area contributed by atoms with E-state index in [0.717, 1.165) is 16.7 Å². The van der Waals surface area contributed by atoms with Crippen LogP contribution in [0.5, 0.6) is 0 Å². The molecule has 2 N–H and O–H groups in total. The van der Waals surface area contributed by atoms with Gasteiger partial charge in [0.05, 0.1) is 28.8 Å². The highest BCUT2D eigenvalue weighted by Crippen LogP contribution is 2.39. The van der Waals surface area contributed by atoms with Crippen molar-refractivity contribution in [3.05, 3.63) is 29.0 Å². The van der Waals surface area contributed by atoms with Crippen molar-refractivity contribution in [2.75, 3.05) is 11.5 Å². The third kappa shape index (κ3) is 4.20. The lowest BCUT2D eigenvalue weighted by Gasteiger charge is -2.32. The van der Waals surface area contributed by atoms with Gasteiger partial charge in [0.25, 0.3) is 0 Å². The number of aromatic nitrogens is 1. The number of nitrogens with two attached hydrogens (primary N) is 1. The number of thioether (sulfide) groups is 1. The zero-order valence-electron chi connectivity index (χ0n) is 15.2. The maximum atomic E-state index is 11.4. The Hall–Kier alpha value is -1.31. The highest BCUT2D eigenvalue weighted by atomic mass is 32.2. The lowest BCUT2D eigenvalue weighted by atomic mass is 9.78. The highest BCUT2D eigenvalue weighted by molar-refractivity contribution is 8.13. The molecule has 0 spiro atoms. The van der Waals surface area contributed by atoms with Gasteiger partial charge in [-0.15, -0.1) is 0 Å². The Morgan fingerprint density at radius 3 is 2.42 bits per heavy atom. The summed E-state index contributed by atoms with van der Waals surface area (Å²) in [6.45, 7) is 11.5. The van der Waals surface area contributed by atoms with Gasteiger partial charge in [0.2, 0.25) is 0 Å². The fourth-order valence-corrected chi connectivity index (χ4v) is 2.80. The molecule has 2 heterocycles. The van der Waals surface area contributed by atoms with Crippen LogP contribution in [0.1, 0.15) is 45.9 Å². The number of anilines is 1. The Labute approximate surface area is 148 Å². The fraction of sp³-hybridized carbons (Fsp3) is 0.529. The molecule has 1 saturated heterocycles. The third-order valence-corrected chi connectivity index (χ3v) is 5.39. The predicted octanol–water partition coefficient (Wildman–Crippen LogP) is 3.27. The first-order valence-electron chi connectivity index (χ1n) is 7.93. The summed E-state index contributed by atoms with van der Waals surface area (Å²) in [5.41, 5.74) is 8.24. The van der Waals surface area contributed by atoms with Crippen LogP contribution in [0.15, 0.2) is 17.7 Å². The molecule has 0 unspecified atom stereocenters. The average molecular weight is 348 g/mol. The zero-order valence-corrected chi connectivity index (χ0v) is 16.0. The summed E-state index contributed by atoms with van der Waals surface area (Å²) in [6, 6.07) is 1.92. The van der Waals surface area contributed by atoms with E-state index in [9.17, 15) is 4.79 Å². The molecule has 0 aliphatic carbocycles. The van der Waals surface area contributed by atoms with E-state index >= 15 is 0 Å². The number of pyridine rings is 1. The van der Waals surface area contributed by atoms with Crippen LogP contribution in [0.3, 0.4) is 0 Å². The maximum absolute atomic E-state index is 11.4. The van der Waals surface area contributed by atoms with Crippen molar-refractivity contribution in [1.82, 2.24) is 4.98 Å². The molecule has 7 heteroatoms. The summed E-state index contributed by atoms with van der Waals surface area (Å²) in [4.78, 5) is 15.7. The van der Waals surface area contributed by atoms with Crippen molar-refractivity contribution < 1.29 is 14.1 Å². The van der Waals surface area contributed by atoms with Crippen LogP contribution in [0.4, 0.5) is 5.69 Å². The Balaban J connectivity index is 2.33. The lowest BCUT2D eigenvalue weighted by Crippen LogP contribution is -2.41. The minimum atomic E-state index is -0.499. The van der Waals surface area contributed by atoms with Crippen molar-refractivity contribution in [1.29, 1.82) is 0 Å². The van der Waals surface area contributed by atoms with Gasteiger partial charge in [-0.3, -0.25) is 9.78 Å². The van der Waals surface area contributed by atoms with E-state index in [0.29, 0.717) is 11.4 Å². The number of nitrogen functional groups attached to an aromatic ring is 1.